The zero-order valence-corrected chi connectivity index (χ0v) is 12.0. The normalized spacial score (nSPS) is 23.4. The van der Waals surface area contributed by atoms with E-state index in [-0.39, 0.29) is 0 Å². The standard InChI is InChI=1S/C18H21NO/c1-18(2)16(12-19)17(18)13-8-10-15(11-9-13)20-14-6-4-3-5-7-14/h3-11,16-17H,12,19H2,1-2H3/t16-,17-/m0/s1. The molecule has 1 aliphatic rings. The van der Waals surface area contributed by atoms with Crippen molar-refractivity contribution in [2.75, 3.05) is 6.54 Å². The van der Waals surface area contributed by atoms with Crippen LogP contribution >= 0.6 is 0 Å². The summed E-state index contributed by atoms with van der Waals surface area (Å²) < 4.78 is 5.81. The van der Waals surface area contributed by atoms with Crippen molar-refractivity contribution >= 4 is 0 Å². The van der Waals surface area contributed by atoms with Crippen molar-refractivity contribution < 1.29 is 4.74 Å². The number of hydrogen-bond acceptors (Lipinski definition) is 2. The molecule has 0 aliphatic heterocycles. The quantitative estimate of drug-likeness (QED) is 0.902. The molecule has 1 saturated carbocycles. The lowest BCUT2D eigenvalue weighted by Crippen LogP contribution is -2.05. The summed E-state index contributed by atoms with van der Waals surface area (Å²) in [6, 6.07) is 18.3. The molecule has 0 saturated heterocycles. The second-order valence-electron chi connectivity index (χ2n) is 6.13. The number of nitrogens with two attached hydrogens (primary N) is 1. The summed E-state index contributed by atoms with van der Waals surface area (Å²) in [7, 11) is 0. The van der Waals surface area contributed by atoms with Crippen LogP contribution in [0.4, 0.5) is 0 Å². The summed E-state index contributed by atoms with van der Waals surface area (Å²) in [6.45, 7) is 5.35. The topological polar surface area (TPSA) is 35.2 Å². The maximum Gasteiger partial charge on any atom is 0.127 e. The summed E-state index contributed by atoms with van der Waals surface area (Å²) in [5.41, 5.74) is 7.54. The Hall–Kier alpha value is -1.80. The van der Waals surface area contributed by atoms with Gasteiger partial charge in [0.25, 0.3) is 0 Å². The van der Waals surface area contributed by atoms with Gasteiger partial charge in [-0.25, -0.2) is 0 Å². The number of benzene rings is 2. The van der Waals surface area contributed by atoms with E-state index in [0.29, 0.717) is 17.3 Å². The van der Waals surface area contributed by atoms with E-state index in [0.717, 1.165) is 18.0 Å². The van der Waals surface area contributed by atoms with Crippen LogP contribution in [0.15, 0.2) is 54.6 Å². The number of ether oxygens (including phenoxy) is 1. The lowest BCUT2D eigenvalue weighted by molar-refractivity contribution is 0.482. The van der Waals surface area contributed by atoms with Gasteiger partial charge in [0, 0.05) is 0 Å². The van der Waals surface area contributed by atoms with Crippen molar-refractivity contribution in [3.05, 3.63) is 60.2 Å². The zero-order valence-electron chi connectivity index (χ0n) is 12.0. The van der Waals surface area contributed by atoms with Crippen molar-refractivity contribution in [2.45, 2.75) is 19.8 Å². The van der Waals surface area contributed by atoms with Crippen LogP contribution in [-0.2, 0) is 0 Å². The maximum absolute atomic E-state index is 5.84. The molecule has 2 heteroatoms. The Kier molecular flexibility index (Phi) is 3.27. The molecule has 3 rings (SSSR count). The molecule has 0 unspecified atom stereocenters. The van der Waals surface area contributed by atoms with Gasteiger partial charge in [0.2, 0.25) is 0 Å². The molecule has 20 heavy (non-hydrogen) atoms. The van der Waals surface area contributed by atoms with Crippen molar-refractivity contribution in [1.82, 2.24) is 0 Å². The van der Waals surface area contributed by atoms with E-state index in [1.807, 2.05) is 42.5 Å². The second-order valence-corrected chi connectivity index (χ2v) is 6.13. The molecule has 2 atom stereocenters. The minimum absolute atomic E-state index is 0.330. The molecule has 0 radical (unpaired) electrons. The highest BCUT2D eigenvalue weighted by Gasteiger charge is 2.57. The van der Waals surface area contributed by atoms with Gasteiger partial charge in [0.1, 0.15) is 11.5 Å². The molecule has 2 nitrogen and oxygen atoms in total. The predicted molar refractivity (Wildman–Crippen MR) is 82.0 cm³/mol. The summed E-state index contributed by atoms with van der Waals surface area (Å²) in [4.78, 5) is 0. The van der Waals surface area contributed by atoms with Crippen LogP contribution in [0, 0.1) is 11.3 Å². The highest BCUT2D eigenvalue weighted by molar-refractivity contribution is 5.38. The van der Waals surface area contributed by atoms with Crippen molar-refractivity contribution in [2.24, 2.45) is 17.1 Å². The van der Waals surface area contributed by atoms with E-state index >= 15 is 0 Å². The molecule has 2 aromatic carbocycles. The van der Waals surface area contributed by atoms with Gasteiger partial charge in [-0.05, 0) is 53.6 Å². The summed E-state index contributed by atoms with van der Waals surface area (Å²) in [5, 5.41) is 0. The van der Waals surface area contributed by atoms with Crippen LogP contribution in [0.3, 0.4) is 0 Å². The minimum atomic E-state index is 0.330. The first-order valence-corrected chi connectivity index (χ1v) is 7.16. The largest absolute Gasteiger partial charge is 0.457 e. The SMILES string of the molecule is CC1(C)[C@@H](CN)[C@@H]1c1ccc(Oc2ccccc2)cc1. The summed E-state index contributed by atoms with van der Waals surface area (Å²) in [5.74, 6) is 2.93. The van der Waals surface area contributed by atoms with Gasteiger partial charge < -0.3 is 10.5 Å². The average Bonchev–Trinajstić information content (AvgIpc) is 3.02. The number of hydrogen-bond donors (Lipinski definition) is 1. The monoisotopic (exact) mass is 267 g/mol. The van der Waals surface area contributed by atoms with Gasteiger partial charge in [-0.2, -0.15) is 0 Å². The molecule has 104 valence electrons. The highest BCUT2D eigenvalue weighted by atomic mass is 16.5. The maximum atomic E-state index is 5.84. The van der Waals surface area contributed by atoms with E-state index in [1.54, 1.807) is 0 Å². The fourth-order valence-corrected chi connectivity index (χ4v) is 3.21. The molecule has 0 aromatic heterocycles. The van der Waals surface area contributed by atoms with Crippen LogP contribution < -0.4 is 10.5 Å². The lowest BCUT2D eigenvalue weighted by Gasteiger charge is -2.07. The summed E-state index contributed by atoms with van der Waals surface area (Å²) >= 11 is 0. The smallest absolute Gasteiger partial charge is 0.127 e. The lowest BCUT2D eigenvalue weighted by atomic mass is 10.0. The third kappa shape index (κ3) is 2.32. The molecule has 1 aliphatic carbocycles. The first-order valence-electron chi connectivity index (χ1n) is 7.16. The van der Waals surface area contributed by atoms with Crippen LogP contribution in [-0.4, -0.2) is 6.54 Å². The first kappa shape index (κ1) is 13.2. The van der Waals surface area contributed by atoms with E-state index in [9.17, 15) is 0 Å². The highest BCUT2D eigenvalue weighted by Crippen LogP contribution is 2.63. The molecule has 2 N–H and O–H groups in total. The van der Waals surface area contributed by atoms with Crippen molar-refractivity contribution in [3.63, 3.8) is 0 Å². The van der Waals surface area contributed by atoms with Crippen LogP contribution in [0.25, 0.3) is 0 Å². The molecule has 0 amide bonds. The van der Waals surface area contributed by atoms with Gasteiger partial charge in [-0.15, -0.1) is 0 Å². The summed E-state index contributed by atoms with van der Waals surface area (Å²) in [6.07, 6.45) is 0. The molecule has 0 bridgehead atoms. The van der Waals surface area contributed by atoms with Crippen LogP contribution in [0.1, 0.15) is 25.3 Å². The van der Waals surface area contributed by atoms with Crippen LogP contribution in [0.5, 0.6) is 11.5 Å². The first-order chi connectivity index (χ1) is 9.63. The van der Waals surface area contributed by atoms with Gasteiger partial charge >= 0.3 is 0 Å². The molecule has 0 spiro atoms. The molecule has 2 aromatic rings. The van der Waals surface area contributed by atoms with Gasteiger partial charge in [0.05, 0.1) is 0 Å². The molecule has 0 heterocycles. The molecule has 1 fully saturated rings. The van der Waals surface area contributed by atoms with Crippen molar-refractivity contribution in [3.8, 4) is 11.5 Å². The Morgan fingerprint density at radius 2 is 1.55 bits per heavy atom. The van der Waals surface area contributed by atoms with Gasteiger partial charge in [-0.3, -0.25) is 0 Å². The van der Waals surface area contributed by atoms with Crippen molar-refractivity contribution in [1.29, 1.82) is 0 Å². The Balaban J connectivity index is 1.73. The third-order valence-corrected chi connectivity index (χ3v) is 4.52. The van der Waals surface area contributed by atoms with E-state index < -0.39 is 0 Å². The fraction of sp³-hybridized carbons (Fsp3) is 0.333. The second kappa shape index (κ2) is 4.95. The Labute approximate surface area is 120 Å². The number of para-hydroxylation sites is 1. The Morgan fingerprint density at radius 3 is 2.10 bits per heavy atom. The molecular formula is C18H21NO. The van der Waals surface area contributed by atoms with Gasteiger partial charge in [-0.1, -0.05) is 44.2 Å². The van der Waals surface area contributed by atoms with E-state index in [1.165, 1.54) is 5.56 Å². The molecular weight excluding hydrogens is 246 g/mol. The third-order valence-electron chi connectivity index (χ3n) is 4.52. The van der Waals surface area contributed by atoms with Gasteiger partial charge in [0.15, 0.2) is 0 Å². The predicted octanol–water partition coefficient (Wildman–Crippen LogP) is 4.18. The minimum Gasteiger partial charge on any atom is -0.457 e. The van der Waals surface area contributed by atoms with Crippen LogP contribution in [0.2, 0.25) is 0 Å². The van der Waals surface area contributed by atoms with E-state index in [2.05, 4.69) is 26.0 Å². The fourth-order valence-electron chi connectivity index (χ4n) is 3.21. The number of rotatable bonds is 4. The zero-order chi connectivity index (χ0) is 14.2. The Morgan fingerprint density at radius 1 is 0.950 bits per heavy atom. The van der Waals surface area contributed by atoms with E-state index in [4.69, 9.17) is 10.5 Å². The Bertz CT molecular complexity index is 574. The average molecular weight is 267 g/mol.